The van der Waals surface area contributed by atoms with E-state index in [0.717, 1.165) is 40.0 Å². The predicted molar refractivity (Wildman–Crippen MR) is 208 cm³/mol. The lowest BCUT2D eigenvalue weighted by atomic mass is 10.00. The highest BCUT2D eigenvalue weighted by Gasteiger charge is 2.30. The zero-order valence-electron chi connectivity index (χ0n) is 32.8. The summed E-state index contributed by atoms with van der Waals surface area (Å²) in [6, 6.07) is 14.2. The summed E-state index contributed by atoms with van der Waals surface area (Å²) in [5.41, 5.74) is 5.65. The van der Waals surface area contributed by atoms with Crippen molar-refractivity contribution in [3.8, 4) is 33.6 Å². The summed E-state index contributed by atoms with van der Waals surface area (Å²) < 4.78 is 4.70. The zero-order valence-corrected chi connectivity index (χ0v) is 32.8. The highest BCUT2D eigenvalue weighted by molar-refractivity contribution is 5.86. The molecular formula is C40H54N8O6. The normalized spacial score (nSPS) is 14.0. The maximum Gasteiger partial charge on any atom is 0.407 e. The van der Waals surface area contributed by atoms with Crippen molar-refractivity contribution < 1.29 is 28.9 Å². The van der Waals surface area contributed by atoms with Gasteiger partial charge in [-0.3, -0.25) is 9.59 Å². The lowest BCUT2D eigenvalue weighted by Crippen LogP contribution is -2.51. The molecule has 3 amide bonds. The van der Waals surface area contributed by atoms with Crippen LogP contribution in [0.3, 0.4) is 0 Å². The minimum Gasteiger partial charge on any atom is -0.453 e. The van der Waals surface area contributed by atoms with Crippen LogP contribution in [-0.4, -0.2) is 70.5 Å². The number of hydrogen-bond donors (Lipinski definition) is 5. The maximum absolute atomic E-state index is 13.2. The molecule has 0 spiro atoms. The Bertz CT molecular complexity index is 1850. The number of rotatable bonds is 17. The number of imidazole rings is 2. The van der Waals surface area contributed by atoms with Gasteiger partial charge in [-0.25, -0.2) is 19.8 Å². The Labute approximate surface area is 317 Å². The lowest BCUT2D eigenvalue weighted by molar-refractivity contribution is -0.188. The zero-order chi connectivity index (χ0) is 39.5. The van der Waals surface area contributed by atoms with Crippen LogP contribution < -0.4 is 16.0 Å². The van der Waals surface area contributed by atoms with E-state index >= 15 is 0 Å². The first-order valence-corrected chi connectivity index (χ1v) is 18.2. The van der Waals surface area contributed by atoms with Crippen molar-refractivity contribution in [3.63, 3.8) is 0 Å². The van der Waals surface area contributed by atoms with E-state index in [1.807, 2.05) is 79.7 Å². The quantitative estimate of drug-likeness (QED) is 0.0340. The van der Waals surface area contributed by atoms with Crippen LogP contribution in [0.25, 0.3) is 33.6 Å². The number of carbonyl (C=O) groups excluding carboxylic acids is 3. The number of aromatic nitrogens is 4. The van der Waals surface area contributed by atoms with E-state index in [4.69, 9.17) is 9.62 Å². The number of nitrogens with zero attached hydrogens (tertiary/aromatic N) is 3. The third-order valence-corrected chi connectivity index (χ3v) is 9.10. The molecule has 0 radical (unpaired) electrons. The number of benzene rings is 2. The van der Waals surface area contributed by atoms with Gasteiger partial charge in [-0.15, -0.1) is 0 Å². The summed E-state index contributed by atoms with van der Waals surface area (Å²) in [5.74, 6) is 0.641. The van der Waals surface area contributed by atoms with Gasteiger partial charge < -0.3 is 35.5 Å². The topological polar surface area (TPSA) is 185 Å². The Hall–Kier alpha value is -5.50. The molecule has 5 N–H and O–H groups in total. The van der Waals surface area contributed by atoms with Crippen LogP contribution in [-0.2, 0) is 24.1 Å². The van der Waals surface area contributed by atoms with E-state index in [0.29, 0.717) is 11.6 Å². The van der Waals surface area contributed by atoms with Crippen molar-refractivity contribution in [1.29, 1.82) is 0 Å². The number of hydrogen-bond acceptors (Lipinski definition) is 9. The molecule has 4 atom stereocenters. The summed E-state index contributed by atoms with van der Waals surface area (Å²) in [6.07, 6.45) is 4.02. The number of H-pyrrole nitrogens is 2. The minimum atomic E-state index is -0.755. The highest BCUT2D eigenvalue weighted by atomic mass is 17.2. The second-order valence-corrected chi connectivity index (χ2v) is 14.5. The molecule has 2 heterocycles. The van der Waals surface area contributed by atoms with Gasteiger partial charge >= 0.3 is 6.09 Å². The van der Waals surface area contributed by atoms with Crippen LogP contribution in [0.4, 0.5) is 4.79 Å². The highest BCUT2D eigenvalue weighted by Crippen LogP contribution is 2.29. The Morgan fingerprint density at radius 1 is 0.630 bits per heavy atom. The first-order valence-electron chi connectivity index (χ1n) is 18.2. The third kappa shape index (κ3) is 10.6. The first-order chi connectivity index (χ1) is 25.7. The van der Waals surface area contributed by atoms with Gasteiger partial charge in [0.15, 0.2) is 0 Å². The van der Waals surface area contributed by atoms with E-state index in [2.05, 4.69) is 70.0 Å². The predicted octanol–water partition coefficient (Wildman–Crippen LogP) is 6.77. The largest absolute Gasteiger partial charge is 0.453 e. The third-order valence-electron chi connectivity index (χ3n) is 9.10. The maximum atomic E-state index is 13.2. The molecule has 54 heavy (non-hydrogen) atoms. The van der Waals surface area contributed by atoms with Gasteiger partial charge in [0.1, 0.15) is 23.7 Å². The fourth-order valence-corrected chi connectivity index (χ4v) is 5.95. The smallest absolute Gasteiger partial charge is 0.407 e. The average Bonchev–Trinajstić information content (AvgIpc) is 3.84. The summed E-state index contributed by atoms with van der Waals surface area (Å²) in [7, 11) is 2.64. The van der Waals surface area contributed by atoms with E-state index in [1.165, 1.54) is 14.2 Å². The van der Waals surface area contributed by atoms with Gasteiger partial charge in [0.25, 0.3) is 0 Å². The number of amides is 3. The van der Waals surface area contributed by atoms with Crippen LogP contribution in [0.1, 0.15) is 79.1 Å². The second-order valence-electron chi connectivity index (χ2n) is 14.5. The fraction of sp³-hybridized carbons (Fsp3) is 0.450. The minimum absolute atomic E-state index is 0.0278. The van der Waals surface area contributed by atoms with Crippen molar-refractivity contribution >= 4 is 24.3 Å². The SMILES string of the molecule is COOC=N[C@@H](C(=O)N[C@H](c1ncc(-c2ccc(-c3ccc(-c4cnc([C@@H](NC(=O)[C@H](NC(=O)OC)C(C)C)C(C)C)[nH]4)cc3)cc2)[nH]1)C(C)C)C(C)C. The van der Waals surface area contributed by atoms with Crippen LogP contribution in [0.5, 0.6) is 0 Å². The Morgan fingerprint density at radius 2 is 1.07 bits per heavy atom. The molecule has 14 heteroatoms. The average molecular weight is 743 g/mol. The molecule has 14 nitrogen and oxygen atoms in total. The summed E-state index contributed by atoms with van der Waals surface area (Å²) in [5, 5.41) is 8.78. The van der Waals surface area contributed by atoms with Crippen molar-refractivity contribution in [2.45, 2.75) is 79.6 Å². The fourth-order valence-electron chi connectivity index (χ4n) is 5.95. The monoisotopic (exact) mass is 742 g/mol. The molecule has 0 bridgehead atoms. The molecule has 0 aliphatic carbocycles. The Balaban J connectivity index is 1.44. The van der Waals surface area contributed by atoms with Gasteiger partial charge in [-0.2, -0.15) is 4.89 Å². The van der Waals surface area contributed by atoms with E-state index < -0.39 is 24.2 Å². The summed E-state index contributed by atoms with van der Waals surface area (Å²) >= 11 is 0. The van der Waals surface area contributed by atoms with Crippen molar-refractivity contribution in [2.75, 3.05) is 14.2 Å². The number of alkyl carbamates (subject to hydrolysis) is 1. The number of aliphatic imine (C=N–C) groups is 1. The molecule has 2 aromatic heterocycles. The molecule has 0 aliphatic rings. The molecule has 4 rings (SSSR count). The lowest BCUT2D eigenvalue weighted by Gasteiger charge is -2.26. The second kappa shape index (κ2) is 19.0. The van der Waals surface area contributed by atoms with Crippen molar-refractivity contribution in [3.05, 3.63) is 72.6 Å². The summed E-state index contributed by atoms with van der Waals surface area (Å²) in [6.45, 7) is 15.6. The van der Waals surface area contributed by atoms with Gasteiger partial charge in [-0.1, -0.05) is 104 Å². The van der Waals surface area contributed by atoms with E-state index in [1.54, 1.807) is 12.4 Å². The van der Waals surface area contributed by atoms with Crippen LogP contribution in [0.15, 0.2) is 65.9 Å². The number of methoxy groups -OCH3 is 1. The molecule has 0 unspecified atom stereocenters. The first kappa shape index (κ1) is 41.3. The molecule has 4 aromatic rings. The molecule has 2 aromatic carbocycles. The number of nitrogens with one attached hydrogen (secondary N) is 5. The molecule has 290 valence electrons. The van der Waals surface area contributed by atoms with Gasteiger partial charge in [0.2, 0.25) is 18.2 Å². The molecule has 0 fully saturated rings. The van der Waals surface area contributed by atoms with Crippen LogP contribution in [0, 0.1) is 23.7 Å². The van der Waals surface area contributed by atoms with E-state index in [-0.39, 0.29) is 41.5 Å². The van der Waals surface area contributed by atoms with E-state index in [9.17, 15) is 14.4 Å². The van der Waals surface area contributed by atoms with Crippen molar-refractivity contribution in [1.82, 2.24) is 35.9 Å². The molecule has 0 saturated heterocycles. The standard InChI is InChI=1S/C40H54N8O6/c1-22(2)32(46-38(49)34(24(5)6)43-21-54-53-10)36-41-19-30(44-36)28-15-11-26(12-16-28)27-13-17-29(18-14-27)31-20-42-37(45-31)33(23(3)4)47-39(50)35(25(7)8)48-40(51)52-9/h11-25,32-35H,1-10H3,(H,41,44)(H,42,45)(H,46,49)(H,47,50)(H,48,51)/t32-,33-,34+,35+/m0/s1. The van der Waals surface area contributed by atoms with Gasteiger partial charge in [0, 0.05) is 0 Å². The number of aromatic amines is 2. The van der Waals surface area contributed by atoms with Gasteiger partial charge in [0.05, 0.1) is 50.1 Å². The summed E-state index contributed by atoms with van der Waals surface area (Å²) in [4.78, 5) is 67.8. The number of carbonyl (C=O) groups is 3. The molecular weight excluding hydrogens is 688 g/mol. The Kier molecular flexibility index (Phi) is 14.5. The Morgan fingerprint density at radius 3 is 1.46 bits per heavy atom. The molecule has 0 saturated carbocycles. The molecule has 0 aliphatic heterocycles. The number of ether oxygens (including phenoxy) is 1. The van der Waals surface area contributed by atoms with Gasteiger partial charge in [-0.05, 0) is 45.9 Å². The van der Waals surface area contributed by atoms with Crippen molar-refractivity contribution in [2.24, 2.45) is 28.7 Å². The van der Waals surface area contributed by atoms with Crippen LogP contribution >= 0.6 is 0 Å². The van der Waals surface area contributed by atoms with Crippen LogP contribution in [0.2, 0.25) is 0 Å².